The van der Waals surface area contributed by atoms with E-state index in [9.17, 15) is 0 Å². The fourth-order valence-corrected chi connectivity index (χ4v) is 0.982. The summed E-state index contributed by atoms with van der Waals surface area (Å²) in [6.45, 7) is -0.773. The molecule has 1 aliphatic heterocycles. The quantitative estimate of drug-likeness (QED) is 0.521. The average Bonchev–Trinajstić information content (AvgIpc) is 2.32. The van der Waals surface area contributed by atoms with Gasteiger partial charge in [0.05, 0.1) is 0 Å². The fourth-order valence-electron chi connectivity index (χ4n) is 0.982. The van der Waals surface area contributed by atoms with Crippen molar-refractivity contribution in [2.75, 3.05) is 26.7 Å². The van der Waals surface area contributed by atoms with Crippen LogP contribution in [-0.4, -0.2) is 36.7 Å². The molecule has 8 heavy (non-hydrogen) atoms. The van der Waals surface area contributed by atoms with E-state index in [0.29, 0.717) is 13.1 Å². The minimum Gasteiger partial charge on any atom is -0.396 e. The van der Waals surface area contributed by atoms with E-state index in [1.54, 1.807) is 0 Å². The van der Waals surface area contributed by atoms with Crippen LogP contribution in [0.15, 0.2) is 0 Å². The van der Waals surface area contributed by atoms with Crippen LogP contribution in [0.1, 0.15) is 10.5 Å². The van der Waals surface area contributed by atoms with Gasteiger partial charge in [0, 0.05) is 17.3 Å². The van der Waals surface area contributed by atoms with Crippen molar-refractivity contribution >= 4 is 0 Å². The first kappa shape index (κ1) is 3.18. The lowest BCUT2D eigenvalue weighted by Crippen LogP contribution is -2.15. The second kappa shape index (κ2) is 2.46. The highest BCUT2D eigenvalue weighted by atomic mass is 16.3. The summed E-state index contributed by atoms with van der Waals surface area (Å²) in [5, 5.41) is 8.74. The van der Waals surface area contributed by atoms with Crippen LogP contribution in [0, 0.1) is 5.92 Å². The van der Waals surface area contributed by atoms with E-state index in [1.165, 1.54) is 4.90 Å². The molecule has 48 valence electrons. The van der Waals surface area contributed by atoms with Crippen molar-refractivity contribution in [2.24, 2.45) is 5.92 Å². The molecule has 0 radical (unpaired) electrons. The van der Waals surface area contributed by atoms with Crippen LogP contribution < -0.4 is 0 Å². The molecule has 0 aliphatic carbocycles. The zero-order chi connectivity index (χ0) is 8.48. The molecule has 0 amide bonds. The number of hydrogen-bond acceptors (Lipinski definition) is 2. The van der Waals surface area contributed by atoms with Crippen LogP contribution in [0.3, 0.4) is 0 Å². The molecular weight excluding hydrogens is 102 g/mol. The summed E-state index contributed by atoms with van der Waals surface area (Å²) < 4.78 is 21.2. The lowest BCUT2D eigenvalue weighted by molar-refractivity contribution is 0.228. The largest absolute Gasteiger partial charge is 0.396 e. The monoisotopic (exact) mass is 118 g/mol. The van der Waals surface area contributed by atoms with Gasteiger partial charge in [0.1, 0.15) is 0 Å². The van der Waals surface area contributed by atoms with Crippen LogP contribution in [0.25, 0.3) is 0 Å². The molecule has 0 aromatic carbocycles. The Morgan fingerprint density at radius 3 is 3.25 bits per heavy atom. The first-order chi connectivity index (χ1) is 5.04. The molecule has 1 rings (SSSR count). The Labute approximate surface area is 54.3 Å². The van der Waals surface area contributed by atoms with Crippen molar-refractivity contribution in [1.29, 1.82) is 0 Å². The molecule has 1 N–H and O–H groups in total. The van der Waals surface area contributed by atoms with Gasteiger partial charge in [-0.25, -0.2) is 0 Å². The van der Waals surface area contributed by atoms with Gasteiger partial charge in [-0.2, -0.15) is 0 Å². The molecule has 1 atom stereocenters. The van der Waals surface area contributed by atoms with E-state index in [2.05, 4.69) is 0 Å². The molecule has 0 aromatic rings. The van der Waals surface area contributed by atoms with E-state index in [-0.39, 0.29) is 12.5 Å². The van der Waals surface area contributed by atoms with Crippen molar-refractivity contribution in [3.63, 3.8) is 0 Å². The summed E-state index contributed by atoms with van der Waals surface area (Å²) in [5.41, 5.74) is 0. The molecule has 1 saturated heterocycles. The maximum Gasteiger partial charge on any atom is 0.0471 e. The molecule has 0 unspecified atom stereocenters. The van der Waals surface area contributed by atoms with Gasteiger partial charge >= 0.3 is 0 Å². The Morgan fingerprint density at radius 1 is 2.00 bits per heavy atom. The van der Waals surface area contributed by atoms with Crippen molar-refractivity contribution in [2.45, 2.75) is 6.42 Å². The van der Waals surface area contributed by atoms with Gasteiger partial charge in [-0.15, -0.1) is 0 Å². The number of nitrogens with zero attached hydrogens (tertiary/aromatic N) is 1. The molecule has 0 saturated carbocycles. The number of aliphatic hydroxyl groups excluding tert-OH is 1. The third kappa shape index (κ3) is 1.20. The van der Waals surface area contributed by atoms with Crippen molar-refractivity contribution in [3.05, 3.63) is 0 Å². The van der Waals surface area contributed by atoms with E-state index >= 15 is 0 Å². The summed E-state index contributed by atoms with van der Waals surface area (Å²) in [4.78, 5) is 1.44. The zero-order valence-electron chi connectivity index (χ0n) is 7.80. The van der Waals surface area contributed by atoms with E-state index in [1.807, 2.05) is 0 Å². The predicted molar refractivity (Wildman–Crippen MR) is 32.7 cm³/mol. The second-order valence-electron chi connectivity index (χ2n) is 2.28. The second-order valence-corrected chi connectivity index (χ2v) is 2.28. The average molecular weight is 118 g/mol. The lowest BCUT2D eigenvalue weighted by atomic mass is 10.1. The highest BCUT2D eigenvalue weighted by Gasteiger charge is 2.17. The molecule has 1 heterocycles. The van der Waals surface area contributed by atoms with Gasteiger partial charge in [-0.3, -0.25) is 0 Å². The molecule has 2 heteroatoms. The summed E-state index contributed by atoms with van der Waals surface area (Å²) in [7, 11) is 0. The smallest absolute Gasteiger partial charge is 0.0471 e. The Balaban J connectivity index is 2.42. The maximum atomic E-state index is 8.74. The van der Waals surface area contributed by atoms with E-state index in [0.717, 1.165) is 6.42 Å². The minimum atomic E-state index is -1.97. The van der Waals surface area contributed by atoms with Crippen LogP contribution in [0.2, 0.25) is 0 Å². The first-order valence-corrected chi connectivity index (χ1v) is 2.90. The van der Waals surface area contributed by atoms with Gasteiger partial charge in [-0.05, 0) is 25.9 Å². The number of likely N-dealkylation sites (tertiary alicyclic amines) is 1. The molecule has 0 aromatic heterocycles. The normalized spacial score (nSPS) is 38.6. The number of aliphatic hydroxyl groups is 1. The highest BCUT2D eigenvalue weighted by molar-refractivity contribution is 4.71. The Hall–Kier alpha value is -0.0800. The molecule has 0 spiro atoms. The van der Waals surface area contributed by atoms with Crippen LogP contribution in [0.5, 0.6) is 0 Å². The molecule has 1 fully saturated rings. The van der Waals surface area contributed by atoms with Crippen LogP contribution >= 0.6 is 0 Å². The van der Waals surface area contributed by atoms with Gasteiger partial charge in [0.2, 0.25) is 0 Å². The van der Waals surface area contributed by atoms with Crippen molar-refractivity contribution in [3.8, 4) is 0 Å². The molecule has 1 aliphatic rings. The Bertz CT molecular complexity index is 136. The van der Waals surface area contributed by atoms with E-state index in [4.69, 9.17) is 9.22 Å². The Kier molecular flexibility index (Phi) is 0.980. The summed E-state index contributed by atoms with van der Waals surface area (Å²) in [6.07, 6.45) is 0.800. The summed E-state index contributed by atoms with van der Waals surface area (Å²) >= 11 is 0. The van der Waals surface area contributed by atoms with Gasteiger partial charge < -0.3 is 10.0 Å². The zero-order valence-corrected chi connectivity index (χ0v) is 4.80. The predicted octanol–water partition coefficient (Wildman–Crippen LogP) is -0.0696. The number of rotatable bonds is 1. The van der Waals surface area contributed by atoms with Crippen molar-refractivity contribution in [1.82, 2.24) is 4.90 Å². The fraction of sp³-hybridized carbons (Fsp3) is 1.00. The molecular formula is C6H13NO. The highest BCUT2D eigenvalue weighted by Crippen LogP contribution is 2.12. The first-order valence-electron chi connectivity index (χ1n) is 4.40. The van der Waals surface area contributed by atoms with Crippen molar-refractivity contribution < 1.29 is 9.22 Å². The lowest BCUT2D eigenvalue weighted by Gasteiger charge is -2.05. The van der Waals surface area contributed by atoms with Gasteiger partial charge in [0.25, 0.3) is 0 Å². The maximum absolute atomic E-state index is 8.74. The molecule has 0 bridgehead atoms. The third-order valence-corrected chi connectivity index (χ3v) is 1.54. The molecule has 2 nitrogen and oxygen atoms in total. The summed E-state index contributed by atoms with van der Waals surface area (Å²) in [6, 6.07) is 0. The minimum absolute atomic E-state index is 0.104. The topological polar surface area (TPSA) is 23.5 Å². The SMILES string of the molecule is [2H]C([2H])([2H])N1CC[C@@H](CO)C1. The van der Waals surface area contributed by atoms with Gasteiger partial charge in [-0.1, -0.05) is 0 Å². The Morgan fingerprint density at radius 2 is 2.88 bits per heavy atom. The number of hydrogen-bond donors (Lipinski definition) is 1. The summed E-state index contributed by atoms with van der Waals surface area (Å²) in [5.74, 6) is 0.162. The van der Waals surface area contributed by atoms with Gasteiger partial charge in [0.15, 0.2) is 0 Å². The standard InChI is InChI=1S/C6H13NO/c1-7-3-2-6(4-7)5-8/h6,8H,2-5H2,1H3/t6-/m1/s1/i1D3. The van der Waals surface area contributed by atoms with Crippen LogP contribution in [0.4, 0.5) is 0 Å². The van der Waals surface area contributed by atoms with E-state index < -0.39 is 6.98 Å². The third-order valence-electron chi connectivity index (χ3n) is 1.54. The van der Waals surface area contributed by atoms with Crippen LogP contribution in [-0.2, 0) is 0 Å².